The summed E-state index contributed by atoms with van der Waals surface area (Å²) in [4.78, 5) is 13.7. The number of hydrogen-bond acceptors (Lipinski definition) is 12. The Morgan fingerprint density at radius 1 is 1.18 bits per heavy atom. The number of nitrogens with zero attached hydrogens (tertiary/aromatic N) is 6. The second-order valence-electron chi connectivity index (χ2n) is 10.5. The molecule has 1 aromatic heterocycles. The van der Waals surface area contributed by atoms with Crippen LogP contribution in [0.3, 0.4) is 0 Å². The van der Waals surface area contributed by atoms with Gasteiger partial charge >= 0.3 is 0 Å². The van der Waals surface area contributed by atoms with Crippen LogP contribution in [0.5, 0.6) is 0 Å². The summed E-state index contributed by atoms with van der Waals surface area (Å²) in [5, 5.41) is 59.1. The molecular weight excluding hydrogens is 582 g/mol. The molecule has 1 amide bonds. The Kier molecular flexibility index (Phi) is 11.2. The molecule has 3 heterocycles. The number of aliphatic hydroxyl groups excluding tert-OH is 3. The maximum Gasteiger partial charge on any atom is 0.217 e. The lowest BCUT2D eigenvalue weighted by Gasteiger charge is -2.42. The van der Waals surface area contributed by atoms with Gasteiger partial charge in [0.15, 0.2) is 6.29 Å². The molecule has 45 heavy (non-hydrogen) atoms. The summed E-state index contributed by atoms with van der Waals surface area (Å²) in [6, 6.07) is 10.6. The number of likely N-dealkylation sites (N-methyl/N-ethyl adjacent to an activating group) is 1. The van der Waals surface area contributed by atoms with Crippen LogP contribution in [0.4, 0.5) is 5.69 Å². The molecule has 1 aromatic carbocycles. The molecule has 4 rings (SSSR count). The summed E-state index contributed by atoms with van der Waals surface area (Å²) < 4.78 is 18.7. The van der Waals surface area contributed by atoms with Crippen LogP contribution < -0.4 is 10.2 Å². The van der Waals surface area contributed by atoms with Gasteiger partial charge in [-0.3, -0.25) is 9.48 Å². The van der Waals surface area contributed by atoms with E-state index in [9.17, 15) is 20.1 Å². The van der Waals surface area contributed by atoms with Crippen molar-refractivity contribution in [2.24, 2.45) is 0 Å². The number of carbonyl (C=O) groups excluding carboxylic acids is 1. The van der Waals surface area contributed by atoms with Crippen LogP contribution in [-0.4, -0.2) is 87.1 Å². The predicted octanol–water partition coefficient (Wildman–Crippen LogP) is 1.05. The highest BCUT2D eigenvalue weighted by Crippen LogP contribution is 2.24. The topological polar surface area (TPSA) is 199 Å². The van der Waals surface area contributed by atoms with E-state index in [2.05, 4.69) is 20.5 Å². The normalized spacial score (nSPS) is 22.9. The number of aromatic nitrogens is 3. The molecule has 4 N–H and O–H groups in total. The quantitative estimate of drug-likeness (QED) is 0.262. The van der Waals surface area contributed by atoms with E-state index in [4.69, 9.17) is 24.7 Å². The first-order valence-electron chi connectivity index (χ1n) is 14.1. The van der Waals surface area contributed by atoms with Gasteiger partial charge in [-0.1, -0.05) is 23.4 Å². The molecule has 14 heteroatoms. The molecule has 236 valence electrons. The Morgan fingerprint density at radius 3 is 2.58 bits per heavy atom. The van der Waals surface area contributed by atoms with Gasteiger partial charge in [-0.05, 0) is 42.8 Å². The third kappa shape index (κ3) is 8.63. The van der Waals surface area contributed by atoms with Crippen molar-refractivity contribution >= 4 is 17.7 Å². The molecule has 1 fully saturated rings. The Bertz CT molecular complexity index is 1550. The molecule has 14 nitrogen and oxygen atoms in total. The first-order chi connectivity index (χ1) is 21.6. The van der Waals surface area contributed by atoms with Crippen LogP contribution in [0.2, 0.25) is 0 Å². The molecule has 2 aliphatic heterocycles. The van der Waals surface area contributed by atoms with Gasteiger partial charge in [0.2, 0.25) is 5.91 Å². The van der Waals surface area contributed by atoms with Crippen molar-refractivity contribution in [3.05, 3.63) is 82.6 Å². The van der Waals surface area contributed by atoms with Crippen LogP contribution in [0, 0.1) is 22.7 Å². The van der Waals surface area contributed by atoms with Crippen LogP contribution in [0.1, 0.15) is 25.1 Å². The zero-order chi connectivity index (χ0) is 32.5. The zero-order valence-electron chi connectivity index (χ0n) is 25.1. The fraction of sp³-hybridized carbons (Fsp3) is 0.387. The SMILES string of the molecule is CC(=O)N[C@H]1[C@H](OCc2cn(CCN(C)c3ccc(/C=C/C4=CC(=C(C#N)C#N)C=C(C)O4)cc3)nn2)O[C@H](CO)[C@H](O)[C@@H]1O. The van der Waals surface area contributed by atoms with E-state index < -0.39 is 43.2 Å². The van der Waals surface area contributed by atoms with Crippen LogP contribution >= 0.6 is 0 Å². The van der Waals surface area contributed by atoms with E-state index in [0.29, 0.717) is 35.9 Å². The van der Waals surface area contributed by atoms with Crippen molar-refractivity contribution in [2.45, 2.75) is 57.6 Å². The number of hydrogen-bond donors (Lipinski definition) is 4. The molecule has 2 aliphatic rings. The molecule has 0 aliphatic carbocycles. The fourth-order valence-electron chi connectivity index (χ4n) is 4.73. The van der Waals surface area contributed by atoms with Gasteiger partial charge in [-0.2, -0.15) is 10.5 Å². The predicted molar refractivity (Wildman–Crippen MR) is 160 cm³/mol. The minimum atomic E-state index is -1.40. The number of aliphatic hydroxyl groups is 3. The van der Waals surface area contributed by atoms with Gasteiger partial charge in [0, 0.05) is 31.8 Å². The fourth-order valence-corrected chi connectivity index (χ4v) is 4.73. The lowest BCUT2D eigenvalue weighted by atomic mass is 9.97. The summed E-state index contributed by atoms with van der Waals surface area (Å²) in [6.45, 7) is 3.60. The second kappa shape index (κ2) is 15.3. The average Bonchev–Trinajstić information content (AvgIpc) is 3.49. The number of allylic oxidation sites excluding steroid dienone is 6. The molecule has 0 spiro atoms. The third-order valence-electron chi connectivity index (χ3n) is 7.12. The van der Waals surface area contributed by atoms with E-state index >= 15 is 0 Å². The Morgan fingerprint density at radius 2 is 1.91 bits per heavy atom. The summed E-state index contributed by atoms with van der Waals surface area (Å²) >= 11 is 0. The molecule has 1 saturated heterocycles. The zero-order valence-corrected chi connectivity index (χ0v) is 25.1. The van der Waals surface area contributed by atoms with E-state index in [-0.39, 0.29) is 12.2 Å². The molecule has 0 radical (unpaired) electrons. The number of benzene rings is 1. The van der Waals surface area contributed by atoms with Gasteiger partial charge < -0.3 is 39.7 Å². The minimum Gasteiger partial charge on any atom is -0.462 e. The van der Waals surface area contributed by atoms with Crippen molar-refractivity contribution < 1.29 is 34.3 Å². The monoisotopic (exact) mass is 617 g/mol. The third-order valence-corrected chi connectivity index (χ3v) is 7.12. The number of nitriles is 2. The summed E-state index contributed by atoms with van der Waals surface area (Å²) in [7, 11) is 1.96. The second-order valence-corrected chi connectivity index (χ2v) is 10.5. The van der Waals surface area contributed by atoms with Crippen LogP contribution in [0.15, 0.2) is 71.4 Å². The molecule has 0 bridgehead atoms. The van der Waals surface area contributed by atoms with Crippen molar-refractivity contribution in [3.63, 3.8) is 0 Å². The lowest BCUT2D eigenvalue weighted by Crippen LogP contribution is -2.64. The van der Waals surface area contributed by atoms with Gasteiger partial charge in [-0.25, -0.2) is 0 Å². The van der Waals surface area contributed by atoms with Gasteiger partial charge in [0.25, 0.3) is 0 Å². The molecular formula is C31H35N7O7. The average molecular weight is 618 g/mol. The highest BCUT2D eigenvalue weighted by Gasteiger charge is 2.45. The van der Waals surface area contributed by atoms with Crippen molar-refractivity contribution in [1.82, 2.24) is 20.3 Å². The number of ether oxygens (including phenoxy) is 3. The molecule has 0 saturated carbocycles. The number of anilines is 1. The van der Waals surface area contributed by atoms with Crippen LogP contribution in [-0.2, 0) is 32.2 Å². The lowest BCUT2D eigenvalue weighted by molar-refractivity contribution is -0.273. The van der Waals surface area contributed by atoms with E-state index in [0.717, 1.165) is 11.3 Å². The molecule has 5 atom stereocenters. The maximum atomic E-state index is 11.6. The summed E-state index contributed by atoms with van der Waals surface area (Å²) in [5.74, 6) is 0.674. The van der Waals surface area contributed by atoms with Gasteiger partial charge in [0.1, 0.15) is 59.3 Å². The number of rotatable bonds is 11. The highest BCUT2D eigenvalue weighted by molar-refractivity contribution is 5.73. The van der Waals surface area contributed by atoms with Gasteiger partial charge in [0.05, 0.1) is 26.0 Å². The number of carbonyl (C=O) groups is 1. The van der Waals surface area contributed by atoms with E-state index in [1.165, 1.54) is 6.92 Å². The van der Waals surface area contributed by atoms with Crippen LogP contribution in [0.25, 0.3) is 6.08 Å². The van der Waals surface area contributed by atoms with Gasteiger partial charge in [-0.15, -0.1) is 5.10 Å². The van der Waals surface area contributed by atoms with Crippen molar-refractivity contribution in [3.8, 4) is 12.1 Å². The maximum absolute atomic E-state index is 11.6. The Balaban J connectivity index is 1.30. The van der Waals surface area contributed by atoms with Crippen molar-refractivity contribution in [1.29, 1.82) is 10.5 Å². The first kappa shape index (κ1) is 33.1. The van der Waals surface area contributed by atoms with Crippen molar-refractivity contribution in [2.75, 3.05) is 25.1 Å². The largest absolute Gasteiger partial charge is 0.462 e. The Labute approximate surface area is 260 Å². The molecule has 0 unspecified atom stereocenters. The van der Waals surface area contributed by atoms with E-state index in [1.807, 2.05) is 49.5 Å². The molecule has 2 aromatic rings. The van der Waals surface area contributed by atoms with E-state index in [1.54, 1.807) is 36.0 Å². The number of amides is 1. The smallest absolute Gasteiger partial charge is 0.217 e. The highest BCUT2D eigenvalue weighted by atomic mass is 16.7. The first-order valence-corrected chi connectivity index (χ1v) is 14.1. The summed E-state index contributed by atoms with van der Waals surface area (Å²) in [5.41, 5.74) is 2.95. The Hall–Kier alpha value is -4.83. The number of nitrogens with one attached hydrogen (secondary N) is 1. The standard InChI is InChI=1S/C31H35N7O7/c1-19-12-22(23(14-32)15-33)13-26(44-19)9-6-21-4-7-25(8-5-21)37(3)10-11-38-16-24(35-36-38)18-43-31-28(34-20(2)40)30(42)29(41)27(17-39)45-31/h4-9,12-13,16,27-31,39,41-42H,10-11,17-18H2,1-3H3,(H,34,40)/b9-6+/t27-,28-,29+,30-,31-/m1/s1. The summed E-state index contributed by atoms with van der Waals surface area (Å²) in [6.07, 6.45) is 3.70. The minimum absolute atomic E-state index is 0.0245.